The van der Waals surface area contributed by atoms with Crippen LogP contribution in [0.2, 0.25) is 0 Å². The van der Waals surface area contributed by atoms with Gasteiger partial charge >= 0.3 is 0 Å². The molecule has 0 unspecified atom stereocenters. The molecule has 130 valence electrons. The zero-order valence-corrected chi connectivity index (χ0v) is 14.0. The molecule has 0 aromatic heterocycles. The lowest BCUT2D eigenvalue weighted by Crippen LogP contribution is -2.28. The van der Waals surface area contributed by atoms with Crippen LogP contribution in [-0.4, -0.2) is 45.1 Å². The highest BCUT2D eigenvalue weighted by Crippen LogP contribution is 2.34. The van der Waals surface area contributed by atoms with Gasteiger partial charge in [0.25, 0.3) is 0 Å². The van der Waals surface area contributed by atoms with Crippen molar-refractivity contribution >= 4 is 0 Å². The van der Waals surface area contributed by atoms with Crippen molar-refractivity contribution in [2.75, 3.05) is 27.6 Å². The Labute approximate surface area is 137 Å². The number of aliphatic hydroxyl groups is 1. The summed E-state index contributed by atoms with van der Waals surface area (Å²) in [4.78, 5) is 0. The van der Waals surface area contributed by atoms with Crippen LogP contribution in [0.25, 0.3) is 0 Å². The van der Waals surface area contributed by atoms with Crippen LogP contribution in [0.15, 0.2) is 18.2 Å². The number of methoxy groups -OCH3 is 2. The van der Waals surface area contributed by atoms with Gasteiger partial charge in [-0.2, -0.15) is 0 Å². The van der Waals surface area contributed by atoms with E-state index in [2.05, 4.69) is 0 Å². The molecule has 1 heterocycles. The zero-order valence-electron chi connectivity index (χ0n) is 14.0. The summed E-state index contributed by atoms with van der Waals surface area (Å²) in [5, 5.41) is 10.1. The van der Waals surface area contributed by atoms with E-state index in [4.69, 9.17) is 23.7 Å². The SMILES string of the molecule is COCOc1ccc([C@@H](O[C@@H]2CCCCO2)[C@@H](C)O)cc1OC. The van der Waals surface area contributed by atoms with Crippen LogP contribution in [0.4, 0.5) is 0 Å². The van der Waals surface area contributed by atoms with E-state index in [-0.39, 0.29) is 13.1 Å². The van der Waals surface area contributed by atoms with Crippen molar-refractivity contribution in [3.8, 4) is 11.5 Å². The Morgan fingerprint density at radius 2 is 2.09 bits per heavy atom. The lowest BCUT2D eigenvalue weighted by molar-refractivity contribution is -0.207. The van der Waals surface area contributed by atoms with Crippen LogP contribution >= 0.6 is 0 Å². The van der Waals surface area contributed by atoms with E-state index in [1.165, 1.54) is 0 Å². The van der Waals surface area contributed by atoms with Gasteiger partial charge in [0.1, 0.15) is 6.10 Å². The third-order valence-electron chi connectivity index (χ3n) is 3.72. The molecular formula is C17H26O6. The summed E-state index contributed by atoms with van der Waals surface area (Å²) >= 11 is 0. The van der Waals surface area contributed by atoms with E-state index in [9.17, 15) is 5.11 Å². The zero-order chi connectivity index (χ0) is 16.7. The fourth-order valence-electron chi connectivity index (χ4n) is 2.56. The van der Waals surface area contributed by atoms with Crippen LogP contribution in [0, 0.1) is 0 Å². The molecule has 1 aromatic rings. The number of aliphatic hydroxyl groups excluding tert-OH is 1. The molecule has 0 radical (unpaired) electrons. The van der Waals surface area contributed by atoms with Crippen LogP contribution in [0.1, 0.15) is 37.9 Å². The van der Waals surface area contributed by atoms with Gasteiger partial charge in [-0.1, -0.05) is 6.07 Å². The van der Waals surface area contributed by atoms with Gasteiger partial charge in [-0.15, -0.1) is 0 Å². The fourth-order valence-corrected chi connectivity index (χ4v) is 2.56. The average Bonchev–Trinajstić information content (AvgIpc) is 2.58. The molecule has 0 bridgehead atoms. The first-order valence-electron chi connectivity index (χ1n) is 7.90. The van der Waals surface area contributed by atoms with Gasteiger partial charge in [0.2, 0.25) is 0 Å². The summed E-state index contributed by atoms with van der Waals surface area (Å²) in [6, 6.07) is 5.45. The Balaban J connectivity index is 2.14. The maximum absolute atomic E-state index is 10.1. The summed E-state index contributed by atoms with van der Waals surface area (Å²) in [6.45, 7) is 2.54. The number of hydrogen-bond acceptors (Lipinski definition) is 6. The third-order valence-corrected chi connectivity index (χ3v) is 3.72. The van der Waals surface area contributed by atoms with E-state index in [1.54, 1.807) is 27.2 Å². The second-order valence-corrected chi connectivity index (χ2v) is 5.55. The van der Waals surface area contributed by atoms with Crippen molar-refractivity contribution in [1.82, 2.24) is 0 Å². The molecule has 1 fully saturated rings. The lowest BCUT2D eigenvalue weighted by atomic mass is 10.0. The van der Waals surface area contributed by atoms with Crippen LogP contribution in [-0.2, 0) is 14.2 Å². The molecule has 6 heteroatoms. The standard InChI is InChI=1S/C17H26O6/c1-12(18)17(23-16-6-4-5-9-21-16)13-7-8-14(22-11-19-2)15(10-13)20-3/h7-8,10,12,16-18H,4-6,9,11H2,1-3H3/t12-,16-,17+/m1/s1. The predicted molar refractivity (Wildman–Crippen MR) is 84.6 cm³/mol. The number of rotatable bonds is 8. The predicted octanol–water partition coefficient (Wildman–Crippen LogP) is 2.64. The largest absolute Gasteiger partial charge is 0.493 e. The summed E-state index contributed by atoms with van der Waals surface area (Å²) in [6.07, 6.45) is 1.54. The number of ether oxygens (including phenoxy) is 5. The molecule has 0 amide bonds. The molecule has 2 rings (SSSR count). The van der Waals surface area contributed by atoms with Crippen LogP contribution < -0.4 is 9.47 Å². The molecule has 1 saturated heterocycles. The second kappa shape index (κ2) is 9.08. The number of benzene rings is 1. The lowest BCUT2D eigenvalue weighted by Gasteiger charge is -2.29. The minimum absolute atomic E-state index is 0.141. The van der Waals surface area contributed by atoms with Gasteiger partial charge in [0, 0.05) is 13.7 Å². The van der Waals surface area contributed by atoms with Crippen molar-refractivity contribution in [1.29, 1.82) is 0 Å². The monoisotopic (exact) mass is 326 g/mol. The molecule has 1 N–H and O–H groups in total. The molecule has 0 saturated carbocycles. The first-order valence-corrected chi connectivity index (χ1v) is 7.90. The highest BCUT2D eigenvalue weighted by Gasteiger charge is 2.25. The highest BCUT2D eigenvalue weighted by molar-refractivity contribution is 5.43. The van der Waals surface area contributed by atoms with E-state index in [1.807, 2.05) is 12.1 Å². The maximum Gasteiger partial charge on any atom is 0.188 e. The van der Waals surface area contributed by atoms with Gasteiger partial charge in [-0.05, 0) is 43.9 Å². The molecule has 3 atom stereocenters. The average molecular weight is 326 g/mol. The van der Waals surface area contributed by atoms with Crippen molar-refractivity contribution < 1.29 is 28.8 Å². The van der Waals surface area contributed by atoms with Gasteiger partial charge in [0.05, 0.1) is 13.2 Å². The minimum atomic E-state index is -0.670. The third kappa shape index (κ3) is 5.07. The Morgan fingerprint density at radius 1 is 1.26 bits per heavy atom. The van der Waals surface area contributed by atoms with E-state index >= 15 is 0 Å². The first kappa shape index (κ1) is 18.0. The van der Waals surface area contributed by atoms with Crippen molar-refractivity contribution in [2.24, 2.45) is 0 Å². The summed E-state index contributed by atoms with van der Waals surface area (Å²) in [7, 11) is 3.13. The van der Waals surface area contributed by atoms with Gasteiger partial charge in [0.15, 0.2) is 24.6 Å². The Bertz CT molecular complexity index is 470. The molecular weight excluding hydrogens is 300 g/mol. The van der Waals surface area contributed by atoms with Crippen molar-refractivity contribution in [2.45, 2.75) is 44.7 Å². The number of hydrogen-bond donors (Lipinski definition) is 1. The van der Waals surface area contributed by atoms with Gasteiger partial charge in [-0.3, -0.25) is 0 Å². The molecule has 0 aliphatic carbocycles. The van der Waals surface area contributed by atoms with E-state index in [0.29, 0.717) is 18.1 Å². The van der Waals surface area contributed by atoms with Crippen LogP contribution in [0.5, 0.6) is 11.5 Å². The Kier molecular flexibility index (Phi) is 7.11. The first-order chi connectivity index (χ1) is 11.2. The molecule has 1 aromatic carbocycles. The Hall–Kier alpha value is -1.34. The summed E-state index contributed by atoms with van der Waals surface area (Å²) in [5.74, 6) is 1.15. The molecule has 23 heavy (non-hydrogen) atoms. The fraction of sp³-hybridized carbons (Fsp3) is 0.647. The summed E-state index contributed by atoms with van der Waals surface area (Å²) < 4.78 is 27.3. The van der Waals surface area contributed by atoms with Gasteiger partial charge in [-0.25, -0.2) is 0 Å². The second-order valence-electron chi connectivity index (χ2n) is 5.55. The normalized spacial score (nSPS) is 20.8. The molecule has 1 aliphatic rings. The topological polar surface area (TPSA) is 66.4 Å². The smallest absolute Gasteiger partial charge is 0.188 e. The van der Waals surface area contributed by atoms with Crippen LogP contribution in [0.3, 0.4) is 0 Å². The molecule has 1 aliphatic heterocycles. The quantitative estimate of drug-likeness (QED) is 0.741. The van der Waals surface area contributed by atoms with E-state index < -0.39 is 12.2 Å². The van der Waals surface area contributed by atoms with Crippen molar-refractivity contribution in [3.05, 3.63) is 23.8 Å². The van der Waals surface area contributed by atoms with Gasteiger partial charge < -0.3 is 28.8 Å². The highest BCUT2D eigenvalue weighted by atomic mass is 16.7. The molecule has 6 nitrogen and oxygen atoms in total. The Morgan fingerprint density at radius 3 is 2.70 bits per heavy atom. The van der Waals surface area contributed by atoms with Crippen molar-refractivity contribution in [3.63, 3.8) is 0 Å². The molecule has 0 spiro atoms. The maximum atomic E-state index is 10.1. The minimum Gasteiger partial charge on any atom is -0.493 e. The van der Waals surface area contributed by atoms with E-state index in [0.717, 1.165) is 24.8 Å². The summed E-state index contributed by atoms with van der Waals surface area (Å²) in [5.41, 5.74) is 0.816.